The van der Waals surface area contributed by atoms with Gasteiger partial charge in [-0.1, -0.05) is 0 Å². The maximum Gasteiger partial charge on any atom is 0.433 e. The van der Waals surface area contributed by atoms with Gasteiger partial charge >= 0.3 is 12.1 Å². The molecule has 1 aliphatic heterocycles. The van der Waals surface area contributed by atoms with E-state index in [-0.39, 0.29) is 18.3 Å². The van der Waals surface area contributed by atoms with Crippen LogP contribution in [0.4, 0.5) is 19.1 Å². The Balaban J connectivity index is 2.02. The minimum Gasteiger partial charge on any atom is -0.481 e. The molecule has 1 aromatic heterocycles. The molecule has 1 aromatic rings. The number of hydrogen-bond donors (Lipinski definition) is 1. The molecule has 5 nitrogen and oxygen atoms in total. The third-order valence-corrected chi connectivity index (χ3v) is 3.29. The summed E-state index contributed by atoms with van der Waals surface area (Å²) in [6, 6.07) is 0.834. The molecule has 1 N–H and O–H groups in total. The largest absolute Gasteiger partial charge is 0.481 e. The second-order valence-electron chi connectivity index (χ2n) is 4.77. The van der Waals surface area contributed by atoms with Gasteiger partial charge in [-0.15, -0.1) is 0 Å². The first-order chi connectivity index (χ1) is 9.36. The second kappa shape index (κ2) is 5.64. The zero-order chi connectivity index (χ0) is 14.8. The van der Waals surface area contributed by atoms with Crippen molar-refractivity contribution in [3.8, 4) is 0 Å². The van der Waals surface area contributed by atoms with Gasteiger partial charge in [-0.05, 0) is 24.8 Å². The zero-order valence-electron chi connectivity index (χ0n) is 10.6. The third-order valence-electron chi connectivity index (χ3n) is 3.29. The lowest BCUT2D eigenvalue weighted by Gasteiger charge is -2.31. The van der Waals surface area contributed by atoms with Crippen LogP contribution >= 0.6 is 0 Å². The van der Waals surface area contributed by atoms with Crippen LogP contribution in [-0.2, 0) is 11.0 Å². The smallest absolute Gasteiger partial charge is 0.433 e. The Kier molecular flexibility index (Phi) is 4.10. The van der Waals surface area contributed by atoms with Gasteiger partial charge in [-0.25, -0.2) is 9.97 Å². The molecule has 20 heavy (non-hydrogen) atoms. The summed E-state index contributed by atoms with van der Waals surface area (Å²) in [5.41, 5.74) is -0.963. The number of carboxylic acid groups (broad SMARTS) is 1. The molecule has 2 heterocycles. The molecule has 0 unspecified atom stereocenters. The van der Waals surface area contributed by atoms with Gasteiger partial charge in [0.25, 0.3) is 0 Å². The minimum absolute atomic E-state index is 0.0496. The molecule has 0 saturated carbocycles. The van der Waals surface area contributed by atoms with Gasteiger partial charge in [0.05, 0.1) is 0 Å². The predicted molar refractivity (Wildman–Crippen MR) is 64.2 cm³/mol. The molecule has 0 aromatic carbocycles. The van der Waals surface area contributed by atoms with Crippen molar-refractivity contribution in [2.75, 3.05) is 18.0 Å². The highest BCUT2D eigenvalue weighted by molar-refractivity contribution is 5.67. The topological polar surface area (TPSA) is 66.3 Å². The van der Waals surface area contributed by atoms with E-state index < -0.39 is 17.8 Å². The number of anilines is 1. The van der Waals surface area contributed by atoms with Crippen LogP contribution in [0.15, 0.2) is 12.3 Å². The van der Waals surface area contributed by atoms with E-state index in [1.54, 1.807) is 4.90 Å². The van der Waals surface area contributed by atoms with E-state index in [9.17, 15) is 18.0 Å². The lowest BCUT2D eigenvalue weighted by Crippen LogP contribution is -2.35. The standard InChI is InChI=1S/C12H14F3N3O2/c13-12(14,15)9-1-4-16-11(17-9)18-5-2-8(3-6-18)7-10(19)20/h1,4,8H,2-3,5-7H2,(H,19,20). The average molecular weight is 289 g/mol. The van der Waals surface area contributed by atoms with Gasteiger partial charge in [0, 0.05) is 25.7 Å². The molecule has 1 aliphatic rings. The van der Waals surface area contributed by atoms with Gasteiger partial charge in [0.15, 0.2) is 0 Å². The molecule has 0 atom stereocenters. The normalized spacial score (nSPS) is 17.2. The summed E-state index contributed by atoms with van der Waals surface area (Å²) < 4.78 is 37.7. The highest BCUT2D eigenvalue weighted by Crippen LogP contribution is 2.29. The minimum atomic E-state index is -4.49. The maximum absolute atomic E-state index is 12.6. The van der Waals surface area contributed by atoms with Crippen molar-refractivity contribution in [1.82, 2.24) is 9.97 Å². The molecule has 2 rings (SSSR count). The van der Waals surface area contributed by atoms with Crippen LogP contribution in [0.25, 0.3) is 0 Å². The summed E-state index contributed by atoms with van der Waals surface area (Å²) in [5, 5.41) is 8.71. The van der Waals surface area contributed by atoms with Crippen LogP contribution in [0.3, 0.4) is 0 Å². The lowest BCUT2D eigenvalue weighted by atomic mass is 9.94. The number of nitrogens with zero attached hydrogens (tertiary/aromatic N) is 3. The van der Waals surface area contributed by atoms with Crippen LogP contribution in [0.5, 0.6) is 0 Å². The van der Waals surface area contributed by atoms with Gasteiger partial charge in [-0.2, -0.15) is 13.2 Å². The first kappa shape index (κ1) is 14.5. The average Bonchev–Trinajstić information content (AvgIpc) is 2.38. The second-order valence-corrected chi connectivity index (χ2v) is 4.77. The Morgan fingerprint density at radius 1 is 1.40 bits per heavy atom. The molecular weight excluding hydrogens is 275 g/mol. The summed E-state index contributed by atoms with van der Waals surface area (Å²) in [4.78, 5) is 19.7. The zero-order valence-corrected chi connectivity index (χ0v) is 10.6. The maximum atomic E-state index is 12.6. The van der Waals surface area contributed by atoms with Gasteiger partial charge in [-0.3, -0.25) is 4.79 Å². The molecular formula is C12H14F3N3O2. The molecule has 0 spiro atoms. The number of alkyl halides is 3. The number of carbonyl (C=O) groups is 1. The van der Waals surface area contributed by atoms with Crippen LogP contribution in [0.2, 0.25) is 0 Å². The van der Waals surface area contributed by atoms with Crippen molar-refractivity contribution in [2.45, 2.75) is 25.4 Å². The van der Waals surface area contributed by atoms with Gasteiger partial charge in [0.1, 0.15) is 5.69 Å². The highest BCUT2D eigenvalue weighted by Gasteiger charge is 2.33. The van der Waals surface area contributed by atoms with Crippen LogP contribution in [0, 0.1) is 5.92 Å². The van der Waals surface area contributed by atoms with Crippen LogP contribution < -0.4 is 4.90 Å². The molecule has 1 saturated heterocycles. The van der Waals surface area contributed by atoms with E-state index in [0.717, 1.165) is 12.3 Å². The first-order valence-electron chi connectivity index (χ1n) is 6.23. The number of halogens is 3. The first-order valence-corrected chi connectivity index (χ1v) is 6.23. The number of rotatable bonds is 3. The SMILES string of the molecule is O=C(O)CC1CCN(c2nccc(C(F)(F)F)n2)CC1. The summed E-state index contributed by atoms with van der Waals surface area (Å²) in [6.45, 7) is 0.943. The van der Waals surface area contributed by atoms with Crippen molar-refractivity contribution >= 4 is 11.9 Å². The van der Waals surface area contributed by atoms with Crippen molar-refractivity contribution in [2.24, 2.45) is 5.92 Å². The molecule has 0 radical (unpaired) electrons. The van der Waals surface area contributed by atoms with Crippen LogP contribution in [0.1, 0.15) is 25.0 Å². The monoisotopic (exact) mass is 289 g/mol. The number of piperidine rings is 1. The van der Waals surface area contributed by atoms with E-state index in [2.05, 4.69) is 9.97 Å². The summed E-state index contributed by atoms with van der Waals surface area (Å²) in [7, 11) is 0. The van der Waals surface area contributed by atoms with Gasteiger partial charge < -0.3 is 10.0 Å². The molecule has 0 bridgehead atoms. The Morgan fingerprint density at radius 2 is 2.05 bits per heavy atom. The molecule has 0 amide bonds. The molecule has 8 heteroatoms. The summed E-state index contributed by atoms with van der Waals surface area (Å²) in [5.74, 6) is -0.734. The number of aliphatic carboxylic acids is 1. The van der Waals surface area contributed by atoms with E-state index in [4.69, 9.17) is 5.11 Å². The molecule has 1 fully saturated rings. The Morgan fingerprint density at radius 3 is 2.60 bits per heavy atom. The Labute approximate surface area is 113 Å². The van der Waals surface area contributed by atoms with Gasteiger partial charge in [0.2, 0.25) is 5.95 Å². The fourth-order valence-corrected chi connectivity index (χ4v) is 2.24. The lowest BCUT2D eigenvalue weighted by molar-refractivity contribution is -0.141. The number of aromatic nitrogens is 2. The van der Waals surface area contributed by atoms with Crippen molar-refractivity contribution in [3.63, 3.8) is 0 Å². The van der Waals surface area contributed by atoms with Crippen molar-refractivity contribution < 1.29 is 23.1 Å². The summed E-state index contributed by atoms with van der Waals surface area (Å²) in [6.07, 6.45) is -2.07. The van der Waals surface area contributed by atoms with E-state index in [1.165, 1.54) is 0 Å². The summed E-state index contributed by atoms with van der Waals surface area (Å²) >= 11 is 0. The number of carboxylic acids is 1. The predicted octanol–water partition coefficient (Wildman–Crippen LogP) is 2.19. The third kappa shape index (κ3) is 3.58. The fourth-order valence-electron chi connectivity index (χ4n) is 2.24. The fraction of sp³-hybridized carbons (Fsp3) is 0.583. The van der Waals surface area contributed by atoms with E-state index in [0.29, 0.717) is 25.9 Å². The van der Waals surface area contributed by atoms with Crippen molar-refractivity contribution in [1.29, 1.82) is 0 Å². The Hall–Kier alpha value is -1.86. The number of hydrogen-bond acceptors (Lipinski definition) is 4. The highest BCUT2D eigenvalue weighted by atomic mass is 19.4. The quantitative estimate of drug-likeness (QED) is 0.924. The van der Waals surface area contributed by atoms with E-state index >= 15 is 0 Å². The Bertz CT molecular complexity index is 485. The van der Waals surface area contributed by atoms with E-state index in [1.807, 2.05) is 0 Å². The molecule has 0 aliphatic carbocycles. The van der Waals surface area contributed by atoms with Crippen LogP contribution in [-0.4, -0.2) is 34.1 Å². The molecule has 110 valence electrons. The van der Waals surface area contributed by atoms with Crippen molar-refractivity contribution in [3.05, 3.63) is 18.0 Å².